The van der Waals surface area contributed by atoms with Gasteiger partial charge in [-0.15, -0.1) is 0 Å². The Morgan fingerprint density at radius 3 is 2.61 bits per heavy atom. The molecule has 0 atom stereocenters. The van der Waals surface area contributed by atoms with E-state index < -0.39 is 0 Å². The summed E-state index contributed by atoms with van der Waals surface area (Å²) in [7, 11) is 0. The highest BCUT2D eigenvalue weighted by Crippen LogP contribution is 2.36. The molecule has 0 amide bonds. The van der Waals surface area contributed by atoms with Crippen molar-refractivity contribution in [3.05, 3.63) is 115 Å². The fourth-order valence-corrected chi connectivity index (χ4v) is 5.08. The van der Waals surface area contributed by atoms with Crippen molar-refractivity contribution in [1.82, 2.24) is 19.1 Å². The highest BCUT2D eigenvalue weighted by Gasteiger charge is 2.20. The van der Waals surface area contributed by atoms with Gasteiger partial charge in [0.05, 0.1) is 22.4 Å². The molecule has 0 saturated carbocycles. The SMILES string of the molecule is Cc1ccccc1-c1cn2c(n1)-c1cc(Oc3cccc(-n4cnc5ccccc54)c3)ccc1CC2. The molecule has 0 aliphatic carbocycles. The monoisotopic (exact) mass is 468 g/mol. The van der Waals surface area contributed by atoms with E-state index in [-0.39, 0.29) is 0 Å². The van der Waals surface area contributed by atoms with Crippen LogP contribution in [-0.2, 0) is 13.0 Å². The second kappa shape index (κ2) is 8.24. The molecule has 1 aliphatic rings. The van der Waals surface area contributed by atoms with Crippen LogP contribution >= 0.6 is 0 Å². The second-order valence-corrected chi connectivity index (χ2v) is 9.23. The first kappa shape index (κ1) is 20.7. The summed E-state index contributed by atoms with van der Waals surface area (Å²) < 4.78 is 10.7. The largest absolute Gasteiger partial charge is 0.457 e. The number of fused-ring (bicyclic) bond motifs is 4. The smallest absolute Gasteiger partial charge is 0.141 e. The lowest BCUT2D eigenvalue weighted by molar-refractivity contribution is 0.482. The minimum absolute atomic E-state index is 0.782. The Kier molecular flexibility index (Phi) is 4.74. The van der Waals surface area contributed by atoms with Gasteiger partial charge in [0.25, 0.3) is 0 Å². The summed E-state index contributed by atoms with van der Waals surface area (Å²) >= 11 is 0. The fraction of sp³-hybridized carbons (Fsp3) is 0.0968. The standard InChI is InChI=1S/C31H24N4O/c1-21-7-2-3-10-26(21)29-19-34-16-15-22-13-14-25(18-27(22)31(34)33-29)36-24-9-6-8-23(17-24)35-20-32-28-11-4-5-12-30(28)35/h2-14,17-20H,15-16H2,1H3. The van der Waals surface area contributed by atoms with Crippen LogP contribution in [0.3, 0.4) is 0 Å². The summed E-state index contributed by atoms with van der Waals surface area (Å²) in [4.78, 5) is 9.57. The molecule has 5 heteroatoms. The first-order valence-electron chi connectivity index (χ1n) is 12.2. The number of hydrogen-bond acceptors (Lipinski definition) is 3. The number of imidazole rings is 2. The molecular formula is C31H24N4O. The van der Waals surface area contributed by atoms with Crippen molar-refractivity contribution in [1.29, 1.82) is 0 Å². The van der Waals surface area contributed by atoms with Gasteiger partial charge >= 0.3 is 0 Å². The van der Waals surface area contributed by atoms with E-state index in [1.54, 1.807) is 0 Å². The zero-order valence-electron chi connectivity index (χ0n) is 19.9. The molecule has 0 N–H and O–H groups in total. The highest BCUT2D eigenvalue weighted by atomic mass is 16.5. The van der Waals surface area contributed by atoms with Gasteiger partial charge in [0, 0.05) is 29.9 Å². The fourth-order valence-electron chi connectivity index (χ4n) is 5.08. The van der Waals surface area contributed by atoms with Crippen molar-refractivity contribution in [3.63, 3.8) is 0 Å². The number of rotatable bonds is 4. The van der Waals surface area contributed by atoms with Crippen molar-refractivity contribution in [2.75, 3.05) is 0 Å². The van der Waals surface area contributed by atoms with Crippen molar-refractivity contribution in [2.24, 2.45) is 0 Å². The van der Waals surface area contributed by atoms with Gasteiger partial charge in [-0.3, -0.25) is 4.57 Å². The maximum absolute atomic E-state index is 6.35. The molecule has 2 aromatic heterocycles. The molecule has 1 aliphatic heterocycles. The zero-order chi connectivity index (χ0) is 24.1. The third-order valence-corrected chi connectivity index (χ3v) is 6.93. The zero-order valence-corrected chi connectivity index (χ0v) is 19.9. The maximum Gasteiger partial charge on any atom is 0.141 e. The molecule has 5 nitrogen and oxygen atoms in total. The Hall–Kier alpha value is -4.64. The molecule has 6 aromatic rings. The average molecular weight is 469 g/mol. The topological polar surface area (TPSA) is 44.9 Å². The molecule has 0 spiro atoms. The number of benzene rings is 4. The van der Waals surface area contributed by atoms with Crippen molar-refractivity contribution < 1.29 is 4.74 Å². The molecule has 0 fully saturated rings. The number of aromatic nitrogens is 4. The van der Waals surface area contributed by atoms with E-state index >= 15 is 0 Å². The molecule has 7 rings (SSSR count). The van der Waals surface area contributed by atoms with Gasteiger partial charge in [0.15, 0.2) is 0 Å². The predicted molar refractivity (Wildman–Crippen MR) is 143 cm³/mol. The molecule has 3 heterocycles. The number of ether oxygens (including phenoxy) is 1. The lowest BCUT2D eigenvalue weighted by Crippen LogP contribution is -2.10. The van der Waals surface area contributed by atoms with Gasteiger partial charge < -0.3 is 9.30 Å². The van der Waals surface area contributed by atoms with Crippen LogP contribution < -0.4 is 4.74 Å². The van der Waals surface area contributed by atoms with Gasteiger partial charge in [-0.2, -0.15) is 0 Å². The molecule has 36 heavy (non-hydrogen) atoms. The normalized spacial score (nSPS) is 12.4. The van der Waals surface area contributed by atoms with Crippen LogP contribution in [0.25, 0.3) is 39.4 Å². The van der Waals surface area contributed by atoms with Crippen molar-refractivity contribution >= 4 is 11.0 Å². The van der Waals surface area contributed by atoms with E-state index in [2.05, 4.69) is 81.8 Å². The van der Waals surface area contributed by atoms with E-state index in [4.69, 9.17) is 9.72 Å². The lowest BCUT2D eigenvalue weighted by atomic mass is 10.0. The third kappa shape index (κ3) is 3.48. The molecule has 0 radical (unpaired) electrons. The van der Waals surface area contributed by atoms with Crippen molar-refractivity contribution in [2.45, 2.75) is 19.9 Å². The molecular weight excluding hydrogens is 444 g/mol. The van der Waals surface area contributed by atoms with Crippen LogP contribution in [0.15, 0.2) is 104 Å². The van der Waals surface area contributed by atoms with Crippen LogP contribution in [0.1, 0.15) is 11.1 Å². The first-order valence-corrected chi connectivity index (χ1v) is 12.2. The van der Waals surface area contributed by atoms with Crippen molar-refractivity contribution in [3.8, 4) is 39.8 Å². The number of para-hydroxylation sites is 2. The third-order valence-electron chi connectivity index (χ3n) is 6.93. The Morgan fingerprint density at radius 1 is 0.806 bits per heavy atom. The van der Waals surface area contributed by atoms with Gasteiger partial charge in [0.1, 0.15) is 23.7 Å². The van der Waals surface area contributed by atoms with E-state index in [0.29, 0.717) is 0 Å². The highest BCUT2D eigenvalue weighted by molar-refractivity contribution is 5.77. The quantitative estimate of drug-likeness (QED) is 0.274. The van der Waals surface area contributed by atoms with Gasteiger partial charge in [-0.05, 0) is 60.9 Å². The molecule has 0 unspecified atom stereocenters. The van der Waals surface area contributed by atoms with E-state index in [9.17, 15) is 0 Å². The van der Waals surface area contributed by atoms with Crippen LogP contribution in [0.5, 0.6) is 11.5 Å². The van der Waals surface area contributed by atoms with Crippen LogP contribution in [0.4, 0.5) is 0 Å². The average Bonchev–Trinajstić information content (AvgIpc) is 3.54. The Morgan fingerprint density at radius 2 is 1.67 bits per heavy atom. The summed E-state index contributed by atoms with van der Waals surface area (Å²) in [5.74, 6) is 2.58. The van der Waals surface area contributed by atoms with E-state index in [1.165, 1.54) is 16.7 Å². The number of hydrogen-bond donors (Lipinski definition) is 0. The summed E-state index contributed by atoms with van der Waals surface area (Å²) in [5, 5.41) is 0. The Bertz CT molecular complexity index is 1740. The van der Waals surface area contributed by atoms with Gasteiger partial charge in [-0.25, -0.2) is 9.97 Å². The summed E-state index contributed by atoms with van der Waals surface area (Å²) in [6, 6.07) is 31.0. The molecule has 0 bridgehead atoms. The lowest BCUT2D eigenvalue weighted by Gasteiger charge is -2.19. The molecule has 0 saturated heterocycles. The van der Waals surface area contributed by atoms with E-state index in [0.717, 1.165) is 58.3 Å². The van der Waals surface area contributed by atoms with Crippen LogP contribution in [0, 0.1) is 6.92 Å². The summed E-state index contributed by atoms with van der Waals surface area (Å²) in [6.45, 7) is 3.07. The summed E-state index contributed by atoms with van der Waals surface area (Å²) in [6.07, 6.45) is 5.01. The Balaban J connectivity index is 1.22. The second-order valence-electron chi connectivity index (χ2n) is 9.23. The maximum atomic E-state index is 6.35. The summed E-state index contributed by atoms with van der Waals surface area (Å²) in [5.41, 5.74) is 8.91. The first-order chi connectivity index (χ1) is 17.7. The van der Waals surface area contributed by atoms with Gasteiger partial charge in [0.2, 0.25) is 0 Å². The molecule has 4 aromatic carbocycles. The number of aryl methyl sites for hydroxylation is 3. The van der Waals surface area contributed by atoms with Gasteiger partial charge in [-0.1, -0.05) is 48.5 Å². The van der Waals surface area contributed by atoms with E-state index in [1.807, 2.05) is 42.7 Å². The predicted octanol–water partition coefficient (Wildman–Crippen LogP) is 7.21. The minimum atomic E-state index is 0.782. The number of nitrogens with zero attached hydrogens (tertiary/aromatic N) is 4. The minimum Gasteiger partial charge on any atom is -0.457 e. The van der Waals surface area contributed by atoms with Crippen LogP contribution in [0.2, 0.25) is 0 Å². The molecule has 174 valence electrons. The van der Waals surface area contributed by atoms with Crippen LogP contribution in [-0.4, -0.2) is 19.1 Å². The Labute approximate surface area is 209 Å².